The minimum absolute atomic E-state index is 0.000746. The predicted octanol–water partition coefficient (Wildman–Crippen LogP) is 3.65. The Morgan fingerprint density at radius 2 is 1.89 bits per heavy atom. The molecule has 18 heavy (non-hydrogen) atoms. The van der Waals surface area contributed by atoms with Gasteiger partial charge in [-0.2, -0.15) is 5.26 Å². The van der Waals surface area contributed by atoms with E-state index in [1.54, 1.807) is 0 Å². The lowest BCUT2D eigenvalue weighted by Gasteiger charge is -2.22. The monoisotopic (exact) mass is 238 g/mol. The van der Waals surface area contributed by atoms with Gasteiger partial charge in [-0.25, -0.2) is 0 Å². The summed E-state index contributed by atoms with van der Waals surface area (Å²) in [7, 11) is 1.92. The molecule has 92 valence electrons. The van der Waals surface area contributed by atoms with E-state index in [4.69, 9.17) is 0 Å². The van der Waals surface area contributed by atoms with Crippen LogP contribution in [0.1, 0.15) is 24.9 Å². The van der Waals surface area contributed by atoms with Crippen LogP contribution >= 0.6 is 0 Å². The number of rotatable bonds is 4. The third-order valence-corrected chi connectivity index (χ3v) is 3.48. The Labute approximate surface area is 108 Å². The minimum atomic E-state index is 0.000746. The average molecular weight is 238 g/mol. The van der Waals surface area contributed by atoms with Crippen molar-refractivity contribution < 1.29 is 0 Å². The van der Waals surface area contributed by atoms with Gasteiger partial charge in [0.15, 0.2) is 0 Å². The standard InChI is InChI=1S/C16H18N2/c1-3-12(11-17)16(18-2)15-10-6-8-13-7-4-5-9-14(13)15/h4-10,12,16,18H,3H2,1-2H3. The number of benzene rings is 2. The Hall–Kier alpha value is -1.85. The second kappa shape index (κ2) is 5.66. The molecule has 1 N–H and O–H groups in total. The Bertz CT molecular complexity index is 563. The first-order chi connectivity index (χ1) is 8.81. The molecule has 0 spiro atoms. The van der Waals surface area contributed by atoms with Crippen molar-refractivity contribution >= 4 is 10.8 Å². The molecule has 0 radical (unpaired) electrons. The molecule has 0 aliphatic heterocycles. The van der Waals surface area contributed by atoms with Gasteiger partial charge in [0.1, 0.15) is 0 Å². The molecule has 0 amide bonds. The molecular weight excluding hydrogens is 220 g/mol. The summed E-state index contributed by atoms with van der Waals surface area (Å²) in [6.07, 6.45) is 0.852. The highest BCUT2D eigenvalue weighted by molar-refractivity contribution is 5.86. The predicted molar refractivity (Wildman–Crippen MR) is 75.1 cm³/mol. The molecule has 2 heteroatoms. The normalized spacial score (nSPS) is 14.1. The molecule has 2 aromatic carbocycles. The van der Waals surface area contributed by atoms with Crippen LogP contribution in [0.2, 0.25) is 0 Å². The fourth-order valence-corrected chi connectivity index (χ4v) is 2.50. The van der Waals surface area contributed by atoms with E-state index in [0.29, 0.717) is 0 Å². The van der Waals surface area contributed by atoms with Crippen molar-refractivity contribution in [1.82, 2.24) is 5.32 Å². The van der Waals surface area contributed by atoms with Crippen molar-refractivity contribution in [2.24, 2.45) is 5.92 Å². The van der Waals surface area contributed by atoms with Gasteiger partial charge < -0.3 is 5.32 Å². The second-order valence-electron chi connectivity index (χ2n) is 4.48. The summed E-state index contributed by atoms with van der Waals surface area (Å²) >= 11 is 0. The van der Waals surface area contributed by atoms with Gasteiger partial charge in [-0.05, 0) is 29.8 Å². The average Bonchev–Trinajstić information content (AvgIpc) is 2.44. The van der Waals surface area contributed by atoms with Crippen molar-refractivity contribution in [3.05, 3.63) is 48.0 Å². The zero-order valence-electron chi connectivity index (χ0n) is 10.9. The Kier molecular flexibility index (Phi) is 3.96. The first-order valence-electron chi connectivity index (χ1n) is 6.36. The molecular formula is C16H18N2. The van der Waals surface area contributed by atoms with Crippen LogP contribution in [-0.4, -0.2) is 7.05 Å². The largest absolute Gasteiger partial charge is 0.312 e. The van der Waals surface area contributed by atoms with E-state index < -0.39 is 0 Å². The van der Waals surface area contributed by atoms with Crippen LogP contribution in [0.3, 0.4) is 0 Å². The van der Waals surface area contributed by atoms with E-state index in [1.165, 1.54) is 16.3 Å². The van der Waals surface area contributed by atoms with Gasteiger partial charge in [-0.3, -0.25) is 0 Å². The summed E-state index contributed by atoms with van der Waals surface area (Å²) in [5.41, 5.74) is 1.21. The summed E-state index contributed by atoms with van der Waals surface area (Å²) in [6, 6.07) is 17.1. The van der Waals surface area contributed by atoms with Gasteiger partial charge in [-0.1, -0.05) is 49.4 Å². The zero-order valence-corrected chi connectivity index (χ0v) is 10.9. The van der Waals surface area contributed by atoms with E-state index in [1.807, 2.05) is 19.2 Å². The summed E-state index contributed by atoms with van der Waals surface area (Å²) in [5, 5.41) is 15.0. The summed E-state index contributed by atoms with van der Waals surface area (Å²) in [6.45, 7) is 2.06. The number of nitrogens with one attached hydrogen (secondary N) is 1. The molecule has 0 aromatic heterocycles. The molecule has 0 aliphatic rings. The number of nitriles is 1. The van der Waals surface area contributed by atoms with Crippen LogP contribution in [0, 0.1) is 17.2 Å². The number of fused-ring (bicyclic) bond motifs is 1. The summed E-state index contributed by atoms with van der Waals surface area (Å²) in [5.74, 6) is 0.000746. The van der Waals surface area contributed by atoms with E-state index in [9.17, 15) is 5.26 Å². The fraction of sp³-hybridized carbons (Fsp3) is 0.312. The molecule has 0 heterocycles. The van der Waals surface area contributed by atoms with Gasteiger partial charge in [-0.15, -0.1) is 0 Å². The topological polar surface area (TPSA) is 35.8 Å². The maximum Gasteiger partial charge on any atom is 0.0675 e. The van der Waals surface area contributed by atoms with Crippen LogP contribution in [0.15, 0.2) is 42.5 Å². The highest BCUT2D eigenvalue weighted by Crippen LogP contribution is 2.30. The van der Waals surface area contributed by atoms with Crippen molar-refractivity contribution in [3.63, 3.8) is 0 Å². The minimum Gasteiger partial charge on any atom is -0.312 e. The van der Waals surface area contributed by atoms with Crippen LogP contribution in [0.4, 0.5) is 0 Å². The number of nitrogens with zero attached hydrogens (tertiary/aromatic N) is 1. The molecule has 0 saturated heterocycles. The van der Waals surface area contributed by atoms with Crippen molar-refractivity contribution in [2.75, 3.05) is 7.05 Å². The van der Waals surface area contributed by atoms with Gasteiger partial charge in [0.05, 0.1) is 12.0 Å². The fourth-order valence-electron chi connectivity index (χ4n) is 2.50. The molecule has 2 rings (SSSR count). The quantitative estimate of drug-likeness (QED) is 0.882. The third-order valence-electron chi connectivity index (χ3n) is 3.48. The van der Waals surface area contributed by atoms with Crippen molar-refractivity contribution in [3.8, 4) is 6.07 Å². The van der Waals surface area contributed by atoms with Crippen molar-refractivity contribution in [2.45, 2.75) is 19.4 Å². The molecule has 0 bridgehead atoms. The molecule has 2 atom stereocenters. The summed E-state index contributed by atoms with van der Waals surface area (Å²) < 4.78 is 0. The molecule has 2 unspecified atom stereocenters. The second-order valence-corrected chi connectivity index (χ2v) is 4.48. The smallest absolute Gasteiger partial charge is 0.0675 e. The maximum absolute atomic E-state index is 9.27. The highest BCUT2D eigenvalue weighted by Gasteiger charge is 2.21. The van der Waals surface area contributed by atoms with Crippen molar-refractivity contribution in [1.29, 1.82) is 5.26 Å². The lowest BCUT2D eigenvalue weighted by Crippen LogP contribution is -2.24. The van der Waals surface area contributed by atoms with E-state index in [0.717, 1.165) is 6.42 Å². The van der Waals surface area contributed by atoms with Gasteiger partial charge in [0, 0.05) is 6.04 Å². The maximum atomic E-state index is 9.27. The Morgan fingerprint density at radius 3 is 2.56 bits per heavy atom. The van der Waals surface area contributed by atoms with Gasteiger partial charge in [0.25, 0.3) is 0 Å². The summed E-state index contributed by atoms with van der Waals surface area (Å²) in [4.78, 5) is 0. The Morgan fingerprint density at radius 1 is 1.17 bits per heavy atom. The van der Waals surface area contributed by atoms with E-state index >= 15 is 0 Å². The van der Waals surface area contributed by atoms with E-state index in [-0.39, 0.29) is 12.0 Å². The first-order valence-corrected chi connectivity index (χ1v) is 6.36. The lowest BCUT2D eigenvalue weighted by molar-refractivity contribution is 0.452. The molecule has 0 aliphatic carbocycles. The third kappa shape index (κ3) is 2.23. The van der Waals surface area contributed by atoms with Crippen LogP contribution in [0.25, 0.3) is 10.8 Å². The highest BCUT2D eigenvalue weighted by atomic mass is 14.9. The van der Waals surface area contributed by atoms with Gasteiger partial charge in [0.2, 0.25) is 0 Å². The molecule has 0 fully saturated rings. The molecule has 0 saturated carbocycles. The van der Waals surface area contributed by atoms with Crippen LogP contribution < -0.4 is 5.32 Å². The lowest BCUT2D eigenvalue weighted by atomic mass is 9.89. The number of hydrogen-bond acceptors (Lipinski definition) is 2. The van der Waals surface area contributed by atoms with E-state index in [2.05, 4.69) is 48.6 Å². The first kappa shape index (κ1) is 12.6. The van der Waals surface area contributed by atoms with Gasteiger partial charge >= 0.3 is 0 Å². The SMILES string of the molecule is CCC(C#N)C(NC)c1cccc2ccccc12. The molecule has 2 nitrogen and oxygen atoms in total. The van der Waals surface area contributed by atoms with Crippen LogP contribution in [-0.2, 0) is 0 Å². The number of hydrogen-bond donors (Lipinski definition) is 1. The van der Waals surface area contributed by atoms with Crippen LogP contribution in [0.5, 0.6) is 0 Å². The Balaban J connectivity index is 2.55. The molecule has 2 aromatic rings. The zero-order chi connectivity index (χ0) is 13.0.